The molecule has 1 aromatic heterocycles. The summed E-state index contributed by atoms with van der Waals surface area (Å²) in [5.74, 6) is 0.0149. The van der Waals surface area contributed by atoms with Crippen molar-refractivity contribution >= 4 is 26.8 Å². The van der Waals surface area contributed by atoms with E-state index in [0.717, 1.165) is 22.2 Å². The number of nitrogens with zero attached hydrogens (tertiary/aromatic N) is 2. The molecule has 168 valence electrons. The van der Waals surface area contributed by atoms with Crippen molar-refractivity contribution < 1.29 is 17.9 Å². The number of rotatable bonds is 8. The second kappa shape index (κ2) is 8.50. The Morgan fingerprint density at radius 1 is 1.19 bits per heavy atom. The van der Waals surface area contributed by atoms with Crippen LogP contribution in [0.25, 0.3) is 10.9 Å². The summed E-state index contributed by atoms with van der Waals surface area (Å²) in [5, 5.41) is 1.02. The first-order valence-corrected chi connectivity index (χ1v) is 11.7. The van der Waals surface area contributed by atoms with Gasteiger partial charge < -0.3 is 15.4 Å². The molecule has 2 heterocycles. The first kappa shape index (κ1) is 22.2. The van der Waals surface area contributed by atoms with E-state index in [1.165, 1.54) is 12.1 Å². The largest absolute Gasteiger partial charge is 0.489 e. The van der Waals surface area contributed by atoms with Gasteiger partial charge in [-0.15, -0.1) is 0 Å². The number of hydrogen-bond acceptors (Lipinski definition) is 6. The number of amides is 1. The Labute approximate surface area is 187 Å². The van der Waals surface area contributed by atoms with Crippen molar-refractivity contribution in [3.05, 3.63) is 65.9 Å². The molecule has 0 radical (unpaired) electrons. The molecule has 1 saturated heterocycles. The Morgan fingerprint density at radius 2 is 1.88 bits per heavy atom. The van der Waals surface area contributed by atoms with E-state index in [-0.39, 0.29) is 11.3 Å². The minimum Gasteiger partial charge on any atom is -0.489 e. The topological polar surface area (TPSA) is 115 Å². The molecule has 2 aromatic carbocycles. The summed E-state index contributed by atoms with van der Waals surface area (Å²) in [7, 11) is -1.96. The van der Waals surface area contributed by atoms with E-state index in [4.69, 9.17) is 10.5 Å². The normalized spacial score (nSPS) is 15.9. The Balaban J connectivity index is 1.47. The zero-order chi connectivity index (χ0) is 22.9. The molecule has 0 unspecified atom stereocenters. The molecule has 1 amide bonds. The molecule has 0 atom stereocenters. The number of ether oxygens (including phenoxy) is 1. The van der Waals surface area contributed by atoms with Crippen LogP contribution in [0.15, 0.2) is 59.5 Å². The van der Waals surface area contributed by atoms with E-state index in [2.05, 4.69) is 9.71 Å². The van der Waals surface area contributed by atoms with Gasteiger partial charge in [-0.1, -0.05) is 18.2 Å². The number of pyridine rings is 1. The third-order valence-electron chi connectivity index (χ3n) is 5.47. The zero-order valence-corrected chi connectivity index (χ0v) is 18.9. The van der Waals surface area contributed by atoms with E-state index in [0.29, 0.717) is 25.4 Å². The summed E-state index contributed by atoms with van der Waals surface area (Å²) in [6, 6.07) is 16.1. The maximum absolute atomic E-state index is 12.9. The molecule has 1 aliphatic rings. The first-order chi connectivity index (χ1) is 15.2. The average Bonchev–Trinajstić information content (AvgIpc) is 2.70. The first-order valence-electron chi connectivity index (χ1n) is 10.2. The Kier molecular flexibility index (Phi) is 5.89. The fraction of sp³-hybridized carbons (Fsp3) is 0.304. The molecule has 0 aliphatic carbocycles. The van der Waals surface area contributed by atoms with Crippen LogP contribution >= 0.6 is 0 Å². The van der Waals surface area contributed by atoms with Crippen LogP contribution in [0.3, 0.4) is 0 Å². The molecule has 4 rings (SSSR count). The number of benzene rings is 2. The highest BCUT2D eigenvalue weighted by molar-refractivity contribution is 7.89. The molecule has 1 aliphatic heterocycles. The summed E-state index contributed by atoms with van der Waals surface area (Å²) in [6.45, 7) is 3.13. The molecule has 8 nitrogen and oxygen atoms in total. The van der Waals surface area contributed by atoms with E-state index >= 15 is 0 Å². The number of hydrogen-bond donors (Lipinski definition) is 2. The smallest absolute Gasteiger partial charge is 0.241 e. The summed E-state index contributed by atoms with van der Waals surface area (Å²) in [5.41, 5.74) is 7.28. The van der Waals surface area contributed by atoms with E-state index in [9.17, 15) is 13.2 Å². The number of para-hydroxylation sites is 1. The van der Waals surface area contributed by atoms with Gasteiger partial charge in [-0.25, -0.2) is 13.1 Å². The fourth-order valence-corrected chi connectivity index (χ4v) is 5.65. The summed E-state index contributed by atoms with van der Waals surface area (Å²) < 4.78 is 34.3. The number of nitrogens with two attached hydrogens (primary N) is 1. The fourth-order valence-electron chi connectivity index (χ4n) is 4.27. The average molecular weight is 455 g/mol. The van der Waals surface area contributed by atoms with Gasteiger partial charge in [0.2, 0.25) is 15.9 Å². The van der Waals surface area contributed by atoms with Crippen LogP contribution in [0.5, 0.6) is 5.75 Å². The van der Waals surface area contributed by atoms with Crippen LogP contribution in [0, 0.1) is 6.92 Å². The lowest BCUT2D eigenvalue weighted by Crippen LogP contribution is -2.69. The summed E-state index contributed by atoms with van der Waals surface area (Å²) in [4.78, 5) is 18.0. The van der Waals surface area contributed by atoms with Crippen LogP contribution in [0.1, 0.15) is 17.7 Å². The number of carbonyl (C=O) groups excluding carboxylic acids is 1. The maximum atomic E-state index is 12.9. The second-order valence-corrected chi connectivity index (χ2v) is 10.1. The van der Waals surface area contributed by atoms with Crippen molar-refractivity contribution in [1.82, 2.24) is 14.6 Å². The molecule has 0 bridgehead atoms. The van der Waals surface area contributed by atoms with E-state index < -0.39 is 21.5 Å². The number of likely N-dealkylation sites (tertiary alicyclic amines) is 1. The number of fused-ring (bicyclic) bond motifs is 1. The van der Waals surface area contributed by atoms with Crippen molar-refractivity contribution in [3.8, 4) is 5.75 Å². The van der Waals surface area contributed by atoms with Gasteiger partial charge in [-0.05, 0) is 50.4 Å². The highest BCUT2D eigenvalue weighted by Gasteiger charge is 2.45. The summed E-state index contributed by atoms with van der Waals surface area (Å²) in [6.07, 6.45) is -0.0446. The molecule has 9 heteroatoms. The monoisotopic (exact) mass is 454 g/mol. The van der Waals surface area contributed by atoms with Gasteiger partial charge >= 0.3 is 0 Å². The minimum absolute atomic E-state index is 0.0446. The maximum Gasteiger partial charge on any atom is 0.241 e. The molecule has 0 saturated carbocycles. The number of aromatic nitrogens is 1. The molecule has 1 fully saturated rings. The number of aryl methyl sites for hydroxylation is 1. The third kappa shape index (κ3) is 4.74. The lowest BCUT2D eigenvalue weighted by atomic mass is 9.88. The van der Waals surface area contributed by atoms with Crippen molar-refractivity contribution in [1.29, 1.82) is 0 Å². The van der Waals surface area contributed by atoms with Gasteiger partial charge in [0.15, 0.2) is 0 Å². The van der Waals surface area contributed by atoms with Crippen LogP contribution in [-0.2, 0) is 21.4 Å². The predicted molar refractivity (Wildman–Crippen MR) is 122 cm³/mol. The molecule has 32 heavy (non-hydrogen) atoms. The molecule has 3 N–H and O–H groups in total. The highest BCUT2D eigenvalue weighted by Crippen LogP contribution is 2.27. The third-order valence-corrected chi connectivity index (χ3v) is 7.06. The van der Waals surface area contributed by atoms with E-state index in [1.807, 2.05) is 49.2 Å². The van der Waals surface area contributed by atoms with Crippen molar-refractivity contribution in [3.63, 3.8) is 0 Å². The Hall–Kier alpha value is -3.01. The number of sulfonamides is 1. The molecular weight excluding hydrogens is 428 g/mol. The van der Waals surface area contributed by atoms with Crippen LogP contribution < -0.4 is 15.2 Å². The summed E-state index contributed by atoms with van der Waals surface area (Å²) >= 11 is 0. The molecule has 3 aromatic rings. The molecule has 0 spiro atoms. The minimum atomic E-state index is -3.81. The molecular formula is C23H26N4O4S. The van der Waals surface area contributed by atoms with Crippen molar-refractivity contribution in [2.24, 2.45) is 5.73 Å². The van der Waals surface area contributed by atoms with Crippen LogP contribution in [0.2, 0.25) is 0 Å². The number of carbonyl (C=O) groups is 1. The Bertz CT molecular complexity index is 1250. The van der Waals surface area contributed by atoms with Gasteiger partial charge in [0.1, 0.15) is 12.4 Å². The predicted octanol–water partition coefficient (Wildman–Crippen LogP) is 1.96. The Morgan fingerprint density at radius 3 is 2.53 bits per heavy atom. The van der Waals surface area contributed by atoms with Gasteiger partial charge in [0.05, 0.1) is 16.0 Å². The second-order valence-electron chi connectivity index (χ2n) is 8.40. The van der Waals surface area contributed by atoms with Gasteiger partial charge in [-0.3, -0.25) is 9.78 Å². The van der Waals surface area contributed by atoms with Crippen LogP contribution in [0.4, 0.5) is 0 Å². The van der Waals surface area contributed by atoms with Crippen molar-refractivity contribution in [2.45, 2.75) is 30.4 Å². The standard InChI is InChI=1S/C23H26N4O4S/c1-16-11-17(20-5-3-4-6-21(20)25-16)13-31-18-7-9-19(10-8-18)32(29,30)26-23(12-22(24)28)14-27(2)15-23/h3-11,26H,12-15H2,1-2H3,(H2,24,28). The highest BCUT2D eigenvalue weighted by atomic mass is 32.2. The van der Waals surface area contributed by atoms with Gasteiger partial charge in [0, 0.05) is 36.2 Å². The number of primary amides is 1. The van der Waals surface area contributed by atoms with Gasteiger partial charge in [-0.2, -0.15) is 0 Å². The zero-order valence-electron chi connectivity index (χ0n) is 18.0. The van der Waals surface area contributed by atoms with Crippen molar-refractivity contribution in [2.75, 3.05) is 20.1 Å². The van der Waals surface area contributed by atoms with Gasteiger partial charge in [0.25, 0.3) is 0 Å². The SMILES string of the molecule is Cc1cc(COc2ccc(S(=O)(=O)NC3(CC(N)=O)CN(C)C3)cc2)c2ccccc2n1. The number of nitrogens with one attached hydrogen (secondary N) is 1. The number of likely N-dealkylation sites (N-methyl/N-ethyl adjacent to an activating group) is 1. The lowest BCUT2D eigenvalue weighted by molar-refractivity contribution is -0.120. The lowest BCUT2D eigenvalue weighted by Gasteiger charge is -2.48. The van der Waals surface area contributed by atoms with Crippen LogP contribution in [-0.4, -0.2) is 49.9 Å². The van der Waals surface area contributed by atoms with E-state index in [1.54, 1.807) is 12.1 Å². The quantitative estimate of drug-likeness (QED) is 0.538.